The molecule has 146 valence electrons. The summed E-state index contributed by atoms with van der Waals surface area (Å²) in [7, 11) is 2.86. The highest BCUT2D eigenvalue weighted by atomic mass is 16.5. The molecule has 1 aromatic carbocycles. The predicted molar refractivity (Wildman–Crippen MR) is 103 cm³/mol. The highest BCUT2D eigenvalue weighted by Crippen LogP contribution is 2.48. The molecule has 0 amide bonds. The van der Waals surface area contributed by atoms with Crippen molar-refractivity contribution in [2.45, 2.75) is 70.3 Å². The molecule has 3 N–H and O–H groups in total. The van der Waals surface area contributed by atoms with Crippen LogP contribution in [0.4, 0.5) is 0 Å². The van der Waals surface area contributed by atoms with E-state index in [-0.39, 0.29) is 28.6 Å². The zero-order valence-corrected chi connectivity index (χ0v) is 16.2. The van der Waals surface area contributed by atoms with Crippen LogP contribution in [0.25, 0.3) is 6.08 Å². The summed E-state index contributed by atoms with van der Waals surface area (Å²) in [4.78, 5) is 0. The number of phenolic OH excluding ortho intramolecular Hbond substituents is 2. The van der Waals surface area contributed by atoms with Gasteiger partial charge in [-0.2, -0.15) is 0 Å². The number of allylic oxidation sites excluding steroid dienone is 1. The van der Waals surface area contributed by atoms with Crippen molar-refractivity contribution in [1.82, 2.24) is 0 Å². The van der Waals surface area contributed by atoms with E-state index in [1.54, 1.807) is 6.92 Å². The van der Waals surface area contributed by atoms with Gasteiger partial charge in [0.25, 0.3) is 0 Å². The van der Waals surface area contributed by atoms with Crippen LogP contribution in [0.5, 0.6) is 23.0 Å². The fourth-order valence-electron chi connectivity index (χ4n) is 3.24. The second-order valence-corrected chi connectivity index (χ2v) is 7.24. The zero-order valence-electron chi connectivity index (χ0n) is 16.2. The number of aliphatic hydroxyl groups is 1. The average molecular weight is 364 g/mol. The lowest BCUT2D eigenvalue weighted by Gasteiger charge is -2.16. The molecule has 26 heavy (non-hydrogen) atoms. The van der Waals surface area contributed by atoms with Gasteiger partial charge >= 0.3 is 0 Å². The summed E-state index contributed by atoms with van der Waals surface area (Å²) in [6.07, 6.45) is 13.4. The standard InChI is InChI=1S/C21H32O5/c1-15-16(18(23)20(26-3)19(25-2)17(15)22)11-9-7-5-4-6-8-10-12-21(24)13-14-21/h9,11,22-24H,4-8,10,12-14H2,1-3H3/b11-9+. The Labute approximate surface area is 156 Å². The number of rotatable bonds is 11. The third-order valence-electron chi connectivity index (χ3n) is 5.18. The lowest BCUT2D eigenvalue weighted by atomic mass is 10.0. The van der Waals surface area contributed by atoms with Crippen molar-refractivity contribution in [1.29, 1.82) is 0 Å². The topological polar surface area (TPSA) is 79.2 Å². The Balaban J connectivity index is 1.79. The Morgan fingerprint density at radius 3 is 2.12 bits per heavy atom. The summed E-state index contributed by atoms with van der Waals surface area (Å²) < 4.78 is 10.3. The van der Waals surface area contributed by atoms with E-state index in [9.17, 15) is 15.3 Å². The minimum atomic E-state index is -0.312. The van der Waals surface area contributed by atoms with Gasteiger partial charge in [-0.05, 0) is 39.0 Å². The van der Waals surface area contributed by atoms with Gasteiger partial charge in [-0.3, -0.25) is 0 Å². The Hall–Kier alpha value is -1.88. The van der Waals surface area contributed by atoms with E-state index in [1.807, 2.05) is 12.2 Å². The number of ether oxygens (including phenoxy) is 2. The first-order valence-electron chi connectivity index (χ1n) is 9.49. The van der Waals surface area contributed by atoms with Gasteiger partial charge in [0.2, 0.25) is 11.5 Å². The lowest BCUT2D eigenvalue weighted by Crippen LogP contribution is -2.05. The summed E-state index contributed by atoms with van der Waals surface area (Å²) in [5.41, 5.74) is 0.806. The molecular weight excluding hydrogens is 332 g/mol. The minimum Gasteiger partial charge on any atom is -0.504 e. The highest BCUT2D eigenvalue weighted by Gasteiger charge is 2.39. The third kappa shape index (κ3) is 5.07. The molecule has 0 aromatic heterocycles. The first-order valence-corrected chi connectivity index (χ1v) is 9.49. The molecule has 1 aromatic rings. The number of methoxy groups -OCH3 is 2. The molecule has 0 atom stereocenters. The van der Waals surface area contributed by atoms with Crippen molar-refractivity contribution in [2.75, 3.05) is 14.2 Å². The SMILES string of the molecule is COc1c(O)c(C)c(/C=C/CCCCCCCC2(O)CC2)c(O)c1OC. The van der Waals surface area contributed by atoms with Crippen LogP contribution in [-0.2, 0) is 0 Å². The number of hydrogen-bond acceptors (Lipinski definition) is 5. The van der Waals surface area contributed by atoms with E-state index >= 15 is 0 Å². The fraction of sp³-hybridized carbons (Fsp3) is 0.619. The Morgan fingerprint density at radius 1 is 0.923 bits per heavy atom. The van der Waals surface area contributed by atoms with E-state index in [1.165, 1.54) is 27.1 Å². The van der Waals surface area contributed by atoms with Crippen LogP contribution in [0.2, 0.25) is 0 Å². The van der Waals surface area contributed by atoms with Crippen LogP contribution >= 0.6 is 0 Å². The number of unbranched alkanes of at least 4 members (excludes halogenated alkanes) is 5. The molecule has 0 unspecified atom stereocenters. The quantitative estimate of drug-likeness (QED) is 0.392. The molecule has 0 radical (unpaired) electrons. The highest BCUT2D eigenvalue weighted by molar-refractivity contribution is 5.74. The first-order chi connectivity index (χ1) is 12.4. The van der Waals surface area contributed by atoms with Gasteiger partial charge in [0.05, 0.1) is 19.8 Å². The van der Waals surface area contributed by atoms with Gasteiger partial charge in [0, 0.05) is 11.1 Å². The summed E-state index contributed by atoms with van der Waals surface area (Å²) in [5, 5.41) is 30.4. The van der Waals surface area contributed by atoms with Crippen molar-refractivity contribution in [3.05, 3.63) is 17.2 Å². The molecule has 0 aliphatic heterocycles. The van der Waals surface area contributed by atoms with Crippen molar-refractivity contribution in [3.8, 4) is 23.0 Å². The zero-order chi connectivity index (χ0) is 19.2. The molecule has 5 heteroatoms. The van der Waals surface area contributed by atoms with Crippen molar-refractivity contribution in [2.24, 2.45) is 0 Å². The number of benzene rings is 1. The molecule has 0 heterocycles. The van der Waals surface area contributed by atoms with Gasteiger partial charge in [0.1, 0.15) is 0 Å². The molecule has 1 fully saturated rings. The Bertz CT molecular complexity index is 632. The lowest BCUT2D eigenvalue weighted by molar-refractivity contribution is 0.136. The van der Waals surface area contributed by atoms with Gasteiger partial charge in [-0.25, -0.2) is 0 Å². The normalized spacial score (nSPS) is 15.4. The van der Waals surface area contributed by atoms with Crippen LogP contribution in [0.15, 0.2) is 6.08 Å². The van der Waals surface area contributed by atoms with Gasteiger partial charge in [-0.1, -0.05) is 37.8 Å². The number of phenols is 2. The molecule has 5 nitrogen and oxygen atoms in total. The third-order valence-corrected chi connectivity index (χ3v) is 5.18. The van der Waals surface area contributed by atoms with E-state index in [0.29, 0.717) is 11.1 Å². The van der Waals surface area contributed by atoms with E-state index in [0.717, 1.165) is 44.9 Å². The van der Waals surface area contributed by atoms with E-state index in [2.05, 4.69) is 0 Å². The molecule has 1 saturated carbocycles. The van der Waals surface area contributed by atoms with Crippen LogP contribution in [0.3, 0.4) is 0 Å². The molecule has 2 rings (SSSR count). The van der Waals surface area contributed by atoms with Gasteiger partial charge < -0.3 is 24.8 Å². The van der Waals surface area contributed by atoms with E-state index in [4.69, 9.17) is 9.47 Å². The van der Waals surface area contributed by atoms with Crippen molar-refractivity contribution in [3.63, 3.8) is 0 Å². The first kappa shape index (κ1) is 20.4. The predicted octanol–water partition coefficient (Wildman–Crippen LogP) is 4.69. The number of aromatic hydroxyl groups is 2. The molecule has 0 saturated heterocycles. The van der Waals surface area contributed by atoms with Crippen LogP contribution < -0.4 is 9.47 Å². The maximum atomic E-state index is 10.4. The van der Waals surface area contributed by atoms with Gasteiger partial charge in [0.15, 0.2) is 11.5 Å². The van der Waals surface area contributed by atoms with Gasteiger partial charge in [-0.15, -0.1) is 0 Å². The largest absolute Gasteiger partial charge is 0.504 e. The van der Waals surface area contributed by atoms with Crippen LogP contribution in [0.1, 0.15) is 68.9 Å². The minimum absolute atomic E-state index is 0.0147. The van der Waals surface area contributed by atoms with Crippen LogP contribution in [-0.4, -0.2) is 35.1 Å². The van der Waals surface area contributed by atoms with Crippen molar-refractivity contribution >= 4 is 6.08 Å². The summed E-state index contributed by atoms with van der Waals surface area (Å²) in [6, 6.07) is 0. The summed E-state index contributed by atoms with van der Waals surface area (Å²) in [6.45, 7) is 1.74. The second kappa shape index (κ2) is 9.17. The molecular formula is C21H32O5. The molecule has 0 spiro atoms. The Kier molecular flexibility index (Phi) is 7.21. The van der Waals surface area contributed by atoms with E-state index < -0.39 is 0 Å². The fourth-order valence-corrected chi connectivity index (χ4v) is 3.24. The average Bonchev–Trinajstić information content (AvgIpc) is 3.36. The summed E-state index contributed by atoms with van der Waals surface area (Å²) in [5.74, 6) is 0.260. The maximum Gasteiger partial charge on any atom is 0.207 e. The van der Waals surface area contributed by atoms with Crippen molar-refractivity contribution < 1.29 is 24.8 Å². The molecule has 1 aliphatic rings. The monoisotopic (exact) mass is 364 g/mol. The smallest absolute Gasteiger partial charge is 0.207 e. The number of hydrogen-bond donors (Lipinski definition) is 3. The van der Waals surface area contributed by atoms with Crippen LogP contribution in [0, 0.1) is 6.92 Å². The maximum absolute atomic E-state index is 10.4. The molecule has 0 bridgehead atoms. The Morgan fingerprint density at radius 2 is 1.50 bits per heavy atom. The molecule has 1 aliphatic carbocycles. The second-order valence-electron chi connectivity index (χ2n) is 7.24. The summed E-state index contributed by atoms with van der Waals surface area (Å²) >= 11 is 0.